The first kappa shape index (κ1) is 18.2. The number of H-pyrrole nitrogens is 1. The van der Waals surface area contributed by atoms with Crippen LogP contribution in [0.15, 0.2) is 24.3 Å². The van der Waals surface area contributed by atoms with Gasteiger partial charge in [-0.3, -0.25) is 9.89 Å². The number of hydrogen-bond acceptors (Lipinski definition) is 3. The Kier molecular flexibility index (Phi) is 5.09. The number of carbonyl (C=O) groups is 1. The maximum absolute atomic E-state index is 13.1. The van der Waals surface area contributed by atoms with Crippen LogP contribution in [0.2, 0.25) is 5.02 Å². The molecule has 3 heterocycles. The molecule has 2 fully saturated rings. The van der Waals surface area contributed by atoms with E-state index in [4.69, 9.17) is 11.6 Å². The number of benzene rings is 1. The van der Waals surface area contributed by atoms with Crippen molar-refractivity contribution in [1.82, 2.24) is 20.4 Å². The van der Waals surface area contributed by atoms with Crippen molar-refractivity contribution in [1.29, 1.82) is 0 Å². The zero-order chi connectivity index (χ0) is 16.8. The van der Waals surface area contributed by atoms with Gasteiger partial charge in [0.15, 0.2) is 5.69 Å². The maximum atomic E-state index is 13.1. The second kappa shape index (κ2) is 6.98. The standard InChI is InChI=1S/C18H21ClN4O.ClH/c1-10-5-3-4-6-13(10)17-14-8-20-7-12(14)9-23(17)18(24)16-15(19)11(2)21-22-16;/h3-6,12,14,17,20H,7-9H2,1-2H3,(H,21,22);1H/t12-,14-,17+;/m0./s1. The van der Waals surface area contributed by atoms with Gasteiger partial charge in [0, 0.05) is 25.6 Å². The first-order chi connectivity index (χ1) is 11.6. The van der Waals surface area contributed by atoms with E-state index in [0.29, 0.717) is 22.6 Å². The molecule has 134 valence electrons. The van der Waals surface area contributed by atoms with E-state index in [1.54, 1.807) is 0 Å². The largest absolute Gasteiger partial charge is 0.329 e. The van der Waals surface area contributed by atoms with Gasteiger partial charge in [-0.2, -0.15) is 5.10 Å². The van der Waals surface area contributed by atoms with Crippen LogP contribution >= 0.6 is 24.0 Å². The third-order valence-corrected chi connectivity index (χ3v) is 5.87. The van der Waals surface area contributed by atoms with Gasteiger partial charge in [-0.1, -0.05) is 35.9 Å². The van der Waals surface area contributed by atoms with E-state index in [1.165, 1.54) is 11.1 Å². The number of carbonyl (C=O) groups excluding carboxylic acids is 1. The highest BCUT2D eigenvalue weighted by atomic mass is 35.5. The van der Waals surface area contributed by atoms with E-state index >= 15 is 0 Å². The summed E-state index contributed by atoms with van der Waals surface area (Å²) in [6, 6.07) is 8.41. The predicted octanol–water partition coefficient (Wildman–Crippen LogP) is 3.13. The molecule has 3 atom stereocenters. The Morgan fingerprint density at radius 2 is 2.04 bits per heavy atom. The lowest BCUT2D eigenvalue weighted by Crippen LogP contribution is -2.35. The summed E-state index contributed by atoms with van der Waals surface area (Å²) in [6.45, 7) is 6.59. The number of aromatic nitrogens is 2. The van der Waals surface area contributed by atoms with Crippen LogP contribution in [0.1, 0.15) is 33.4 Å². The lowest BCUT2D eigenvalue weighted by Gasteiger charge is -2.29. The van der Waals surface area contributed by atoms with Crippen molar-refractivity contribution < 1.29 is 4.79 Å². The quantitative estimate of drug-likeness (QED) is 0.840. The van der Waals surface area contributed by atoms with Crippen molar-refractivity contribution in [3.63, 3.8) is 0 Å². The molecule has 0 unspecified atom stereocenters. The molecule has 2 aliphatic heterocycles. The van der Waals surface area contributed by atoms with Crippen LogP contribution in [0.3, 0.4) is 0 Å². The summed E-state index contributed by atoms with van der Waals surface area (Å²) in [5, 5.41) is 10.9. The molecule has 2 aromatic rings. The Balaban J connectivity index is 0.00000182. The number of amides is 1. The zero-order valence-corrected chi connectivity index (χ0v) is 15.8. The molecule has 5 nitrogen and oxygen atoms in total. The normalized spacial score (nSPS) is 24.9. The molecule has 25 heavy (non-hydrogen) atoms. The Labute approximate surface area is 158 Å². The molecule has 1 amide bonds. The molecule has 0 saturated carbocycles. The second-order valence-electron chi connectivity index (χ2n) is 6.85. The summed E-state index contributed by atoms with van der Waals surface area (Å²) in [5.41, 5.74) is 3.51. The number of aromatic amines is 1. The summed E-state index contributed by atoms with van der Waals surface area (Å²) >= 11 is 6.27. The topological polar surface area (TPSA) is 61.0 Å². The first-order valence-electron chi connectivity index (χ1n) is 8.35. The van der Waals surface area contributed by atoms with Gasteiger partial charge < -0.3 is 10.2 Å². The monoisotopic (exact) mass is 380 g/mol. The molecule has 2 aliphatic rings. The van der Waals surface area contributed by atoms with E-state index in [9.17, 15) is 4.79 Å². The third-order valence-electron chi connectivity index (χ3n) is 5.41. The van der Waals surface area contributed by atoms with Gasteiger partial charge in [-0.15, -0.1) is 12.4 Å². The molecular formula is C18H22Cl2N4O. The zero-order valence-electron chi connectivity index (χ0n) is 14.3. The summed E-state index contributed by atoms with van der Waals surface area (Å²) in [4.78, 5) is 15.1. The van der Waals surface area contributed by atoms with Crippen LogP contribution in [0.5, 0.6) is 0 Å². The average Bonchev–Trinajstić information content (AvgIpc) is 3.24. The lowest BCUT2D eigenvalue weighted by atomic mass is 9.87. The SMILES string of the molecule is Cc1ccccc1[C@@H]1[C@H]2CNC[C@H]2CN1C(=O)c1n[nH]c(C)c1Cl.Cl. The van der Waals surface area contributed by atoms with Crippen LogP contribution in [0.4, 0.5) is 0 Å². The summed E-state index contributed by atoms with van der Waals surface area (Å²) in [5.74, 6) is 0.846. The van der Waals surface area contributed by atoms with Crippen molar-refractivity contribution >= 4 is 29.9 Å². The number of rotatable bonds is 2. The van der Waals surface area contributed by atoms with Crippen LogP contribution in [0, 0.1) is 25.7 Å². The van der Waals surface area contributed by atoms with Crippen molar-refractivity contribution in [3.8, 4) is 0 Å². The van der Waals surface area contributed by atoms with Crippen LogP contribution < -0.4 is 5.32 Å². The van der Waals surface area contributed by atoms with Gasteiger partial charge in [-0.05, 0) is 30.9 Å². The Morgan fingerprint density at radius 1 is 1.28 bits per heavy atom. The van der Waals surface area contributed by atoms with Gasteiger partial charge >= 0.3 is 0 Å². The third kappa shape index (κ3) is 2.94. The molecule has 0 spiro atoms. The Morgan fingerprint density at radius 3 is 2.72 bits per heavy atom. The van der Waals surface area contributed by atoms with Gasteiger partial charge in [0.2, 0.25) is 0 Å². The highest BCUT2D eigenvalue weighted by Gasteiger charge is 2.47. The molecule has 7 heteroatoms. The minimum Gasteiger partial charge on any atom is -0.329 e. The number of aryl methyl sites for hydroxylation is 2. The molecular weight excluding hydrogens is 359 g/mol. The van der Waals surface area contributed by atoms with Gasteiger partial charge in [-0.25, -0.2) is 0 Å². The number of hydrogen-bond donors (Lipinski definition) is 2. The molecule has 0 radical (unpaired) electrons. The van der Waals surface area contributed by atoms with Crippen molar-refractivity contribution in [3.05, 3.63) is 51.8 Å². The number of fused-ring (bicyclic) bond motifs is 1. The van der Waals surface area contributed by atoms with Crippen molar-refractivity contribution in [2.45, 2.75) is 19.9 Å². The first-order valence-corrected chi connectivity index (χ1v) is 8.73. The van der Waals surface area contributed by atoms with Gasteiger partial charge in [0.1, 0.15) is 0 Å². The van der Waals surface area contributed by atoms with E-state index in [0.717, 1.165) is 25.3 Å². The summed E-state index contributed by atoms with van der Waals surface area (Å²) < 4.78 is 0. The van der Waals surface area contributed by atoms with Crippen LogP contribution in [-0.2, 0) is 0 Å². The highest BCUT2D eigenvalue weighted by molar-refractivity contribution is 6.34. The van der Waals surface area contributed by atoms with Crippen molar-refractivity contribution in [2.24, 2.45) is 11.8 Å². The maximum Gasteiger partial charge on any atom is 0.276 e. The van der Waals surface area contributed by atoms with E-state index < -0.39 is 0 Å². The van der Waals surface area contributed by atoms with Crippen LogP contribution in [0.25, 0.3) is 0 Å². The minimum atomic E-state index is -0.0768. The second-order valence-corrected chi connectivity index (χ2v) is 7.23. The fraction of sp³-hybridized carbons (Fsp3) is 0.444. The van der Waals surface area contributed by atoms with E-state index in [2.05, 4.69) is 34.6 Å². The molecule has 2 saturated heterocycles. The highest BCUT2D eigenvalue weighted by Crippen LogP contribution is 2.44. The molecule has 0 bridgehead atoms. The minimum absolute atomic E-state index is 0. The smallest absolute Gasteiger partial charge is 0.276 e. The summed E-state index contributed by atoms with van der Waals surface area (Å²) in [6.07, 6.45) is 0. The number of likely N-dealkylation sites (tertiary alicyclic amines) is 1. The fourth-order valence-corrected chi connectivity index (χ4v) is 4.31. The molecule has 4 rings (SSSR count). The van der Waals surface area contributed by atoms with Crippen molar-refractivity contribution in [2.75, 3.05) is 19.6 Å². The fourth-order valence-electron chi connectivity index (χ4n) is 4.14. The predicted molar refractivity (Wildman–Crippen MR) is 100 cm³/mol. The average molecular weight is 381 g/mol. The van der Waals surface area contributed by atoms with E-state index in [1.807, 2.05) is 24.0 Å². The molecule has 1 aromatic carbocycles. The lowest BCUT2D eigenvalue weighted by molar-refractivity contribution is 0.0708. The van der Waals surface area contributed by atoms with Crippen LogP contribution in [-0.4, -0.2) is 40.6 Å². The Hall–Kier alpha value is -1.56. The number of nitrogens with zero attached hydrogens (tertiary/aromatic N) is 2. The van der Waals surface area contributed by atoms with Gasteiger partial charge in [0.05, 0.1) is 16.8 Å². The van der Waals surface area contributed by atoms with E-state index in [-0.39, 0.29) is 24.4 Å². The molecule has 1 aromatic heterocycles. The number of halogens is 2. The van der Waals surface area contributed by atoms with Gasteiger partial charge in [0.25, 0.3) is 5.91 Å². The molecule has 2 N–H and O–H groups in total. The molecule has 0 aliphatic carbocycles. The Bertz CT molecular complexity index is 791. The number of nitrogens with one attached hydrogen (secondary N) is 2. The summed E-state index contributed by atoms with van der Waals surface area (Å²) in [7, 11) is 0.